The highest BCUT2D eigenvalue weighted by molar-refractivity contribution is 9.09. The van der Waals surface area contributed by atoms with Gasteiger partial charge in [-0.15, -0.1) is 0 Å². The first-order chi connectivity index (χ1) is 53.2. The smallest absolute Gasteiger partial charge is 0.343 e. The highest BCUT2D eigenvalue weighted by atomic mass is 79.9. The highest BCUT2D eigenvalue weighted by Gasteiger charge is 2.20. The van der Waals surface area contributed by atoms with Gasteiger partial charge in [0.15, 0.2) is 0 Å². The molecule has 110 heavy (non-hydrogen) atoms. The third kappa shape index (κ3) is 25.8. The lowest BCUT2D eigenvalue weighted by Crippen LogP contribution is -2.11. The van der Waals surface area contributed by atoms with Crippen molar-refractivity contribution in [3.05, 3.63) is 241 Å². The predicted octanol–water partition coefficient (Wildman–Crippen LogP) is 19.6. The summed E-state index contributed by atoms with van der Waals surface area (Å²) in [6, 6.07) is 50.7. The number of unbranched alkanes of at least 4 members (excludes halogenated alkanes) is 8. The molecular weight excluding hydrogens is 1540 g/mol. The average Bonchev–Trinajstić information content (AvgIpc) is 0.821. The van der Waals surface area contributed by atoms with Crippen LogP contribution in [0, 0.1) is 13.8 Å². The van der Waals surface area contributed by atoms with Crippen molar-refractivity contribution in [1.29, 1.82) is 0 Å². The Labute approximate surface area is 653 Å². The molecule has 0 aliphatic carbocycles. The predicted molar refractivity (Wildman–Crippen MR) is 424 cm³/mol. The van der Waals surface area contributed by atoms with Crippen molar-refractivity contribution in [2.45, 2.75) is 117 Å². The van der Waals surface area contributed by atoms with Crippen LogP contribution in [0.5, 0.6) is 46.0 Å². The van der Waals surface area contributed by atoms with Gasteiger partial charge >= 0.3 is 59.7 Å². The number of rotatable bonds is 36. The zero-order valence-corrected chi connectivity index (χ0v) is 64.1. The minimum atomic E-state index is -0.583. The molecule has 568 valence electrons. The molecule has 10 aromatic rings. The Balaban J connectivity index is 0.000000256. The fourth-order valence-corrected chi connectivity index (χ4v) is 12.1. The summed E-state index contributed by atoms with van der Waals surface area (Å²) in [6.45, 7) is 10.7. The van der Waals surface area contributed by atoms with E-state index in [1.165, 1.54) is 6.07 Å². The zero-order chi connectivity index (χ0) is 78.3. The van der Waals surface area contributed by atoms with Gasteiger partial charge in [0.25, 0.3) is 0 Å². The van der Waals surface area contributed by atoms with Crippen LogP contribution in [0.15, 0.2) is 207 Å². The molecule has 0 saturated heterocycles. The zero-order valence-electron chi connectivity index (χ0n) is 61.0. The number of hydrogen-bond donors (Lipinski definition) is 0. The van der Waals surface area contributed by atoms with Gasteiger partial charge < -0.3 is 47.4 Å². The number of aryl methyl sites for hydroxylation is 2. The number of fused-ring (bicyclic) bond motifs is 4. The number of carbonyl (C=O) groups excluding carboxylic acids is 10. The Hall–Kier alpha value is -11.6. The number of hydrogen-bond acceptors (Lipinski definition) is 20. The first-order valence-corrected chi connectivity index (χ1v) is 38.3. The molecule has 0 aliphatic rings. The molecule has 0 aromatic heterocycles. The molecule has 0 unspecified atom stereocenters. The van der Waals surface area contributed by atoms with E-state index < -0.39 is 35.8 Å². The van der Waals surface area contributed by atoms with Crippen molar-refractivity contribution in [3.8, 4) is 46.0 Å². The average molecular weight is 1620 g/mol. The lowest BCUT2D eigenvalue weighted by Gasteiger charge is -2.11. The van der Waals surface area contributed by atoms with Crippen LogP contribution in [0.3, 0.4) is 0 Å². The van der Waals surface area contributed by atoms with Crippen LogP contribution in [-0.4, -0.2) is 83.6 Å². The number of halogens is 2. The fourth-order valence-electron chi connectivity index (χ4n) is 11.3. The van der Waals surface area contributed by atoms with Gasteiger partial charge in [0.1, 0.15) is 46.0 Å². The molecule has 0 heterocycles. The van der Waals surface area contributed by atoms with Gasteiger partial charge in [-0.1, -0.05) is 106 Å². The summed E-state index contributed by atoms with van der Waals surface area (Å²) in [5, 5.41) is 8.10. The van der Waals surface area contributed by atoms with Crippen molar-refractivity contribution in [1.82, 2.24) is 0 Å². The first-order valence-electron chi connectivity index (χ1n) is 36.0. The molecule has 10 aromatic carbocycles. The fraction of sp³-hybridized carbons (Fsp3) is 0.250. The Morgan fingerprint density at radius 1 is 0.282 bits per heavy atom. The van der Waals surface area contributed by atoms with Gasteiger partial charge in [0.2, 0.25) is 0 Å². The quantitative estimate of drug-likeness (QED) is 0.0116. The van der Waals surface area contributed by atoms with Crippen molar-refractivity contribution in [2.75, 3.05) is 23.9 Å². The lowest BCUT2D eigenvalue weighted by molar-refractivity contribution is -0.138. The summed E-state index contributed by atoms with van der Waals surface area (Å²) in [5.41, 5.74) is 2.52. The second-order valence-electron chi connectivity index (χ2n) is 25.6. The Morgan fingerprint density at radius 3 is 0.800 bits per heavy atom. The van der Waals surface area contributed by atoms with Crippen molar-refractivity contribution >= 4 is 135 Å². The number of alkyl halides is 2. The number of benzene rings is 10. The van der Waals surface area contributed by atoms with Gasteiger partial charge in [0.05, 0.1) is 35.5 Å². The molecule has 0 aliphatic heterocycles. The van der Waals surface area contributed by atoms with Gasteiger partial charge in [-0.3, -0.25) is 19.2 Å². The van der Waals surface area contributed by atoms with E-state index in [0.29, 0.717) is 125 Å². The highest BCUT2D eigenvalue weighted by Crippen LogP contribution is 2.32. The number of esters is 10. The van der Waals surface area contributed by atoms with Crippen LogP contribution >= 0.6 is 31.9 Å². The van der Waals surface area contributed by atoms with E-state index in [4.69, 9.17) is 47.4 Å². The van der Waals surface area contributed by atoms with Gasteiger partial charge in [0, 0.05) is 48.5 Å². The summed E-state index contributed by atoms with van der Waals surface area (Å²) < 4.78 is 54.4. The lowest BCUT2D eigenvalue weighted by atomic mass is 10.1. The third-order valence-corrected chi connectivity index (χ3v) is 18.3. The molecule has 0 amide bonds. The maximum atomic E-state index is 13.1. The van der Waals surface area contributed by atoms with Crippen molar-refractivity contribution < 1.29 is 95.3 Å². The van der Waals surface area contributed by atoms with Gasteiger partial charge in [-0.25, -0.2) is 28.8 Å². The van der Waals surface area contributed by atoms with Crippen LogP contribution < -0.4 is 37.9 Å². The standard InChI is InChI=1S/C47H44O12.C41H38Br2O8/c1-4-42(48)54-24-10-6-8-12-44(50)56-39-20-18-32-27-36(16-14-34(32)29-39)46(52)58-38-22-23-41(31(3)26-38)59-47(53)37-17-15-35-30-40(21-19-33(35)28-37)57-45(51)13-9-7-11-25-55-43(49)5-2;1-27-22-34(50-40(46)32-12-10-30-25-35(16-14-28(30)23-32)48-38(44)8-4-2-6-20-42)18-19-37(27)51-41(47)33-13-11-31-26-36(17-15-29(31)24-33)49-39(45)9-5-3-7-21-43/h4-5,14-23,26-30H,1-2,6-13,24-25H2,3H3;10-19,22-26H,2-9,20-21H2,1H3. The minimum absolute atomic E-state index is 0.221. The summed E-state index contributed by atoms with van der Waals surface area (Å²) in [6.07, 6.45) is 12.8. The van der Waals surface area contributed by atoms with E-state index in [0.717, 1.165) is 104 Å². The molecular formula is C88H82Br2O20. The molecule has 0 atom stereocenters. The maximum absolute atomic E-state index is 13.1. The molecule has 0 saturated carbocycles. The van der Waals surface area contributed by atoms with Crippen molar-refractivity contribution in [2.24, 2.45) is 0 Å². The molecule has 0 radical (unpaired) electrons. The molecule has 0 N–H and O–H groups in total. The molecule has 22 heteroatoms. The summed E-state index contributed by atoms with van der Waals surface area (Å²) in [5.74, 6) is -1.58. The largest absolute Gasteiger partial charge is 0.463 e. The second kappa shape index (κ2) is 42.2. The van der Waals surface area contributed by atoms with E-state index >= 15 is 0 Å². The molecule has 0 spiro atoms. The van der Waals surface area contributed by atoms with Crippen LogP contribution in [0.4, 0.5) is 0 Å². The van der Waals surface area contributed by atoms with Crippen LogP contribution in [0.25, 0.3) is 43.1 Å². The number of carbonyl (C=O) groups is 10. The monoisotopic (exact) mass is 1620 g/mol. The summed E-state index contributed by atoms with van der Waals surface area (Å²) in [4.78, 5) is 123. The Kier molecular flexibility index (Phi) is 31.6. The van der Waals surface area contributed by atoms with Gasteiger partial charge in [-0.2, -0.15) is 0 Å². The van der Waals surface area contributed by atoms with Crippen LogP contribution in [0.1, 0.15) is 155 Å². The Morgan fingerprint density at radius 2 is 0.527 bits per heavy atom. The third-order valence-electron chi connectivity index (χ3n) is 17.1. The van der Waals surface area contributed by atoms with Crippen LogP contribution in [-0.2, 0) is 38.2 Å². The summed E-state index contributed by atoms with van der Waals surface area (Å²) in [7, 11) is 0. The molecule has 0 bridgehead atoms. The van der Waals surface area contributed by atoms with E-state index in [1.54, 1.807) is 190 Å². The molecule has 20 nitrogen and oxygen atoms in total. The van der Waals surface area contributed by atoms with Crippen molar-refractivity contribution in [3.63, 3.8) is 0 Å². The number of ether oxygens (including phenoxy) is 10. The SMILES string of the molecule is C=CC(=O)OCCCCCC(=O)Oc1ccc2cc(C(=O)Oc3ccc(OC(=O)c4ccc5cc(OC(=O)CCCCCOC(=O)C=C)ccc5c4)c(C)c3)ccc2c1.Cc1cc(OC(=O)c2ccc3cc(OC(=O)CCCCCBr)ccc3c2)ccc1OC(=O)c1ccc2cc(OC(=O)CCCCCBr)ccc2c1. The first kappa shape index (κ1) is 82.4. The van der Waals surface area contributed by atoms with Gasteiger partial charge in [-0.05, 0) is 266 Å². The normalized spacial score (nSPS) is 10.8. The maximum Gasteiger partial charge on any atom is 0.343 e. The topological polar surface area (TPSA) is 263 Å². The van der Waals surface area contributed by atoms with E-state index in [2.05, 4.69) is 45.0 Å². The molecule has 10 rings (SSSR count). The second-order valence-corrected chi connectivity index (χ2v) is 27.2. The minimum Gasteiger partial charge on any atom is -0.463 e. The Bertz CT molecular complexity index is 5040. The van der Waals surface area contributed by atoms with E-state index in [-0.39, 0.29) is 55.7 Å². The van der Waals surface area contributed by atoms with Crippen LogP contribution in [0.2, 0.25) is 0 Å². The summed E-state index contributed by atoms with van der Waals surface area (Å²) >= 11 is 6.78. The van der Waals surface area contributed by atoms with E-state index in [9.17, 15) is 47.9 Å². The molecule has 0 fully saturated rings. The van der Waals surface area contributed by atoms with E-state index in [1.807, 2.05) is 0 Å².